The van der Waals surface area contributed by atoms with E-state index in [2.05, 4.69) is 38.0 Å². The van der Waals surface area contributed by atoms with Crippen molar-refractivity contribution < 1.29 is 0 Å². The summed E-state index contributed by atoms with van der Waals surface area (Å²) in [4.78, 5) is 2.45. The van der Waals surface area contributed by atoms with Crippen molar-refractivity contribution in [2.24, 2.45) is 0 Å². The van der Waals surface area contributed by atoms with Gasteiger partial charge in [0.2, 0.25) is 0 Å². The summed E-state index contributed by atoms with van der Waals surface area (Å²) in [6.45, 7) is 10.2. The molecule has 0 aromatic carbocycles. The molecule has 0 aromatic heterocycles. The highest BCUT2D eigenvalue weighted by atomic mass is 15.1. The molecule has 2 heteroatoms. The zero-order valence-electron chi connectivity index (χ0n) is 13.3. The summed E-state index contributed by atoms with van der Waals surface area (Å²) in [6, 6.07) is 0.613. The van der Waals surface area contributed by atoms with Crippen LogP contribution in [-0.2, 0) is 0 Å². The van der Waals surface area contributed by atoms with Crippen LogP contribution in [0, 0.1) is 0 Å². The van der Waals surface area contributed by atoms with Crippen molar-refractivity contribution in [3.05, 3.63) is 0 Å². The quantitative estimate of drug-likeness (QED) is 0.500. The molecule has 0 fully saturated rings. The van der Waals surface area contributed by atoms with Crippen LogP contribution in [0.2, 0.25) is 0 Å². The molecule has 0 aliphatic carbocycles. The highest BCUT2D eigenvalue weighted by Crippen LogP contribution is 2.08. The summed E-state index contributed by atoms with van der Waals surface area (Å²) >= 11 is 0. The van der Waals surface area contributed by atoms with Crippen molar-refractivity contribution >= 4 is 0 Å². The monoisotopic (exact) mass is 256 g/mol. The van der Waals surface area contributed by atoms with E-state index in [1.54, 1.807) is 0 Å². The molecule has 0 amide bonds. The minimum absolute atomic E-state index is 0.613. The maximum absolute atomic E-state index is 3.46. The minimum Gasteiger partial charge on any atom is -0.313 e. The van der Waals surface area contributed by atoms with E-state index in [1.807, 2.05) is 0 Å². The van der Waals surface area contributed by atoms with Gasteiger partial charge in [-0.1, -0.05) is 65.7 Å². The van der Waals surface area contributed by atoms with Gasteiger partial charge in [-0.05, 0) is 20.0 Å². The van der Waals surface area contributed by atoms with E-state index in [0.717, 1.165) is 6.54 Å². The van der Waals surface area contributed by atoms with Gasteiger partial charge in [0, 0.05) is 19.1 Å². The van der Waals surface area contributed by atoms with Gasteiger partial charge in [0.1, 0.15) is 0 Å². The summed E-state index contributed by atoms with van der Waals surface area (Å²) in [5, 5.41) is 3.46. The molecule has 0 unspecified atom stereocenters. The molecule has 0 rings (SSSR count). The van der Waals surface area contributed by atoms with E-state index >= 15 is 0 Å². The molecule has 0 atom stereocenters. The Morgan fingerprint density at radius 3 is 1.94 bits per heavy atom. The highest BCUT2D eigenvalue weighted by Gasteiger charge is 1.99. The Labute approximate surface area is 116 Å². The van der Waals surface area contributed by atoms with Gasteiger partial charge in [-0.15, -0.1) is 0 Å². The van der Waals surface area contributed by atoms with Crippen LogP contribution in [0.3, 0.4) is 0 Å². The van der Waals surface area contributed by atoms with Crippen LogP contribution in [0.25, 0.3) is 0 Å². The summed E-state index contributed by atoms with van der Waals surface area (Å²) < 4.78 is 0. The Kier molecular flexibility index (Phi) is 13.3. The highest BCUT2D eigenvalue weighted by molar-refractivity contribution is 4.58. The number of rotatable bonds is 13. The van der Waals surface area contributed by atoms with Gasteiger partial charge in [0.15, 0.2) is 0 Å². The lowest BCUT2D eigenvalue weighted by Crippen LogP contribution is -2.33. The largest absolute Gasteiger partial charge is 0.313 e. The predicted molar refractivity (Wildman–Crippen MR) is 83.2 cm³/mol. The van der Waals surface area contributed by atoms with E-state index in [0.29, 0.717) is 6.04 Å². The second-order valence-corrected chi connectivity index (χ2v) is 5.89. The van der Waals surface area contributed by atoms with Crippen LogP contribution in [0.5, 0.6) is 0 Å². The molecule has 0 aromatic rings. The fourth-order valence-electron chi connectivity index (χ4n) is 2.17. The van der Waals surface area contributed by atoms with Crippen LogP contribution in [0.1, 0.15) is 72.1 Å². The zero-order valence-corrected chi connectivity index (χ0v) is 13.3. The van der Waals surface area contributed by atoms with Gasteiger partial charge in [-0.3, -0.25) is 0 Å². The third-order valence-corrected chi connectivity index (χ3v) is 3.44. The summed E-state index contributed by atoms with van der Waals surface area (Å²) in [6.07, 6.45) is 11.3. The molecule has 110 valence electrons. The maximum atomic E-state index is 3.46. The Bertz CT molecular complexity index is 157. The fraction of sp³-hybridized carbons (Fsp3) is 1.00. The summed E-state index contributed by atoms with van der Waals surface area (Å²) in [5.41, 5.74) is 0. The topological polar surface area (TPSA) is 15.3 Å². The first-order chi connectivity index (χ1) is 8.66. The van der Waals surface area contributed by atoms with Crippen LogP contribution in [0.15, 0.2) is 0 Å². The number of nitrogens with zero attached hydrogens (tertiary/aromatic N) is 1. The molecule has 1 N–H and O–H groups in total. The van der Waals surface area contributed by atoms with Gasteiger partial charge in [0.05, 0.1) is 0 Å². The Hall–Kier alpha value is -0.0800. The van der Waals surface area contributed by atoms with Gasteiger partial charge >= 0.3 is 0 Å². The second-order valence-electron chi connectivity index (χ2n) is 5.89. The van der Waals surface area contributed by atoms with Crippen molar-refractivity contribution in [3.8, 4) is 0 Å². The second kappa shape index (κ2) is 13.4. The van der Waals surface area contributed by atoms with Crippen LogP contribution in [0.4, 0.5) is 0 Å². The van der Waals surface area contributed by atoms with Crippen molar-refractivity contribution in [3.63, 3.8) is 0 Å². The Morgan fingerprint density at radius 1 is 0.833 bits per heavy atom. The normalized spacial score (nSPS) is 11.7. The van der Waals surface area contributed by atoms with Gasteiger partial charge in [-0.2, -0.15) is 0 Å². The molecule has 2 nitrogen and oxygen atoms in total. The smallest absolute Gasteiger partial charge is 0.0104 e. The van der Waals surface area contributed by atoms with Crippen LogP contribution < -0.4 is 5.32 Å². The molecule has 0 radical (unpaired) electrons. The lowest BCUT2D eigenvalue weighted by molar-refractivity contribution is 0.317. The van der Waals surface area contributed by atoms with Crippen molar-refractivity contribution in [2.75, 3.05) is 26.7 Å². The van der Waals surface area contributed by atoms with Crippen molar-refractivity contribution in [1.29, 1.82) is 0 Å². The lowest BCUT2D eigenvalue weighted by atomic mass is 10.1. The summed E-state index contributed by atoms with van der Waals surface area (Å²) in [5.74, 6) is 0. The number of hydrogen-bond acceptors (Lipinski definition) is 2. The van der Waals surface area contributed by atoms with Gasteiger partial charge < -0.3 is 10.2 Å². The van der Waals surface area contributed by atoms with Crippen molar-refractivity contribution in [1.82, 2.24) is 10.2 Å². The zero-order chi connectivity index (χ0) is 13.6. The average molecular weight is 256 g/mol. The third-order valence-electron chi connectivity index (χ3n) is 3.44. The lowest BCUT2D eigenvalue weighted by Gasteiger charge is -2.17. The summed E-state index contributed by atoms with van der Waals surface area (Å²) in [7, 11) is 2.24. The number of likely N-dealkylation sites (N-methyl/N-ethyl adjacent to an activating group) is 1. The van der Waals surface area contributed by atoms with Gasteiger partial charge in [-0.25, -0.2) is 0 Å². The third kappa shape index (κ3) is 14.0. The molecule has 0 saturated heterocycles. The standard InChI is InChI=1S/C16H36N2/c1-5-6-7-8-9-10-11-12-14-18(4)15-13-17-16(2)3/h16-17H,5-15H2,1-4H3. The van der Waals surface area contributed by atoms with E-state index in [-0.39, 0.29) is 0 Å². The molecular formula is C16H36N2. The molecule has 0 saturated carbocycles. The van der Waals surface area contributed by atoms with Crippen molar-refractivity contribution in [2.45, 2.75) is 78.2 Å². The molecular weight excluding hydrogens is 220 g/mol. The van der Waals surface area contributed by atoms with E-state index in [1.165, 1.54) is 64.5 Å². The number of hydrogen-bond donors (Lipinski definition) is 1. The average Bonchev–Trinajstić information content (AvgIpc) is 2.32. The molecule has 0 aliphatic rings. The van der Waals surface area contributed by atoms with Crippen LogP contribution >= 0.6 is 0 Å². The molecule has 0 bridgehead atoms. The number of nitrogens with one attached hydrogen (secondary N) is 1. The van der Waals surface area contributed by atoms with E-state index < -0.39 is 0 Å². The first-order valence-corrected chi connectivity index (χ1v) is 8.08. The van der Waals surface area contributed by atoms with Gasteiger partial charge in [0.25, 0.3) is 0 Å². The minimum atomic E-state index is 0.613. The predicted octanol–water partition coefficient (Wildman–Crippen LogP) is 4.06. The Balaban J connectivity index is 3.12. The van der Waals surface area contributed by atoms with E-state index in [9.17, 15) is 0 Å². The first kappa shape index (κ1) is 17.9. The molecule has 0 spiro atoms. The van der Waals surface area contributed by atoms with Crippen LogP contribution in [-0.4, -0.2) is 37.6 Å². The first-order valence-electron chi connectivity index (χ1n) is 8.08. The maximum Gasteiger partial charge on any atom is 0.0104 e. The Morgan fingerprint density at radius 2 is 1.39 bits per heavy atom. The molecule has 18 heavy (non-hydrogen) atoms. The SMILES string of the molecule is CCCCCCCCCCN(C)CCNC(C)C. The molecule has 0 aliphatic heterocycles. The van der Waals surface area contributed by atoms with E-state index in [4.69, 9.17) is 0 Å². The molecule has 0 heterocycles. The number of unbranched alkanes of at least 4 members (excludes halogenated alkanes) is 7. The fourth-order valence-corrected chi connectivity index (χ4v) is 2.17.